The zero-order valence-corrected chi connectivity index (χ0v) is 16.8. The van der Waals surface area contributed by atoms with Gasteiger partial charge in [0.15, 0.2) is 10.1 Å². The molecule has 9 nitrogen and oxygen atoms in total. The van der Waals surface area contributed by atoms with Crippen molar-refractivity contribution >= 4 is 10.1 Å². The number of halogens is 3. The Kier molecular flexibility index (Phi) is 20.2. The quantitative estimate of drug-likeness (QED) is 0.141. The molecule has 14 N–H and O–H groups in total. The van der Waals surface area contributed by atoms with Crippen LogP contribution in [0, 0.1) is 0 Å². The van der Waals surface area contributed by atoms with Crippen LogP contribution in [-0.2, 0) is 38.1 Å². The zero-order chi connectivity index (χ0) is 19.0. The molecule has 0 aromatic rings. The van der Waals surface area contributed by atoms with Crippen LogP contribution in [0.5, 0.6) is 0 Å². The predicted molar refractivity (Wildman–Crippen MR) is 94.3 cm³/mol. The van der Waals surface area contributed by atoms with E-state index >= 15 is 0 Å². The van der Waals surface area contributed by atoms with Crippen LogP contribution >= 0.6 is 0 Å². The Morgan fingerprint density at radius 1 is 0.704 bits per heavy atom. The van der Waals surface area contributed by atoms with Crippen molar-refractivity contribution in [1.82, 2.24) is 0 Å². The fourth-order valence-corrected chi connectivity index (χ4v) is 2.38. The number of hydrogen-bond donors (Lipinski definition) is 4. The molecule has 0 amide bonds. The Balaban J connectivity index is -0.000000139. The summed E-state index contributed by atoms with van der Waals surface area (Å²) in [6.07, 6.45) is 9.60. The molecule has 2 fully saturated rings. The number of alkyl halides is 3. The van der Waals surface area contributed by atoms with Gasteiger partial charge < -0.3 is 38.4 Å². The van der Waals surface area contributed by atoms with E-state index in [1.807, 2.05) is 0 Å². The third-order valence-electron chi connectivity index (χ3n) is 4.03. The molecular weight excluding hydrogens is 445 g/mol. The van der Waals surface area contributed by atoms with Gasteiger partial charge in [-0.3, -0.25) is 0 Å². The molecule has 0 aliphatic heterocycles. The Morgan fingerprint density at radius 2 is 0.852 bits per heavy atom. The van der Waals surface area contributed by atoms with Crippen molar-refractivity contribution in [3.05, 3.63) is 0 Å². The molecule has 0 unspecified atom stereocenters. The molecule has 0 spiro atoms. The van der Waals surface area contributed by atoms with Gasteiger partial charge in [-0.05, 0) is 25.7 Å². The smallest absolute Gasteiger partial charge is 0.741 e. The van der Waals surface area contributed by atoms with Crippen molar-refractivity contribution in [2.45, 2.75) is 81.0 Å². The molecule has 1 radical (unpaired) electrons. The summed E-state index contributed by atoms with van der Waals surface area (Å²) in [5.41, 5.74) is 17.0. The first-order chi connectivity index (χ1) is 10.9. The Labute approximate surface area is 168 Å². The van der Waals surface area contributed by atoms with Gasteiger partial charge in [-0.2, -0.15) is 13.2 Å². The van der Waals surface area contributed by atoms with Crippen molar-refractivity contribution in [2.75, 3.05) is 0 Å². The maximum absolute atomic E-state index is 10.7. The molecule has 0 bridgehead atoms. The van der Waals surface area contributed by atoms with Crippen LogP contribution in [0.15, 0.2) is 0 Å². The van der Waals surface area contributed by atoms with Gasteiger partial charge in [-0.15, -0.1) is 0 Å². The van der Waals surface area contributed by atoms with E-state index in [0.717, 1.165) is 25.7 Å². The molecule has 14 heteroatoms. The number of nitrogens with two attached hydrogens (primary N) is 4. The molecule has 27 heavy (non-hydrogen) atoms. The minimum atomic E-state index is -6.09. The van der Waals surface area contributed by atoms with Gasteiger partial charge in [0.25, 0.3) is 0 Å². The van der Waals surface area contributed by atoms with Crippen molar-refractivity contribution in [3.8, 4) is 0 Å². The van der Waals surface area contributed by atoms with Crippen LogP contribution in [-0.4, -0.2) is 42.6 Å². The van der Waals surface area contributed by atoms with Gasteiger partial charge in [0, 0.05) is 24.2 Å². The van der Waals surface area contributed by atoms with Crippen LogP contribution < -0.4 is 22.9 Å². The van der Waals surface area contributed by atoms with Crippen LogP contribution in [0.2, 0.25) is 0 Å². The molecule has 2 rings (SSSR count). The summed E-state index contributed by atoms with van der Waals surface area (Å²) in [5.74, 6) is 0. The summed E-state index contributed by atoms with van der Waals surface area (Å²) in [6.45, 7) is 0. The molecule has 0 saturated heterocycles. The Bertz CT molecular complexity index is 420. The first-order valence-corrected chi connectivity index (χ1v) is 9.31. The normalized spacial score (nSPS) is 27.7. The molecule has 4 atom stereocenters. The van der Waals surface area contributed by atoms with Gasteiger partial charge >= 0.3 is 22.6 Å². The van der Waals surface area contributed by atoms with Crippen molar-refractivity contribution in [3.63, 3.8) is 0 Å². The van der Waals surface area contributed by atoms with E-state index < -0.39 is 15.6 Å². The second-order valence-electron chi connectivity index (χ2n) is 6.12. The molecule has 0 aromatic heterocycles. The van der Waals surface area contributed by atoms with E-state index in [2.05, 4.69) is 0 Å². The fourth-order valence-electron chi connectivity index (χ4n) is 2.38. The second kappa shape index (κ2) is 15.9. The molecule has 171 valence electrons. The van der Waals surface area contributed by atoms with Crippen LogP contribution in [0.25, 0.3) is 0 Å². The maximum atomic E-state index is 10.7. The summed E-state index contributed by atoms with van der Waals surface area (Å²) >= 11 is 0. The van der Waals surface area contributed by atoms with Crippen LogP contribution in [0.4, 0.5) is 13.2 Å². The maximum Gasteiger partial charge on any atom is 2.00 e. The molecular formula is C13H34CuF3N4O5S+3. The minimum Gasteiger partial charge on any atom is -0.741 e. The number of rotatable bonds is 0. The van der Waals surface area contributed by atoms with Crippen molar-refractivity contribution < 1.29 is 54.2 Å². The first-order valence-electron chi connectivity index (χ1n) is 7.90. The third-order valence-corrected chi connectivity index (χ3v) is 4.60. The van der Waals surface area contributed by atoms with Crippen molar-refractivity contribution in [1.29, 1.82) is 0 Å². The first kappa shape index (κ1) is 34.5. The van der Waals surface area contributed by atoms with Gasteiger partial charge in [-0.25, -0.2) is 8.42 Å². The SMILES string of the molecule is N[C@@H]1CCCC[C@H]1N.N[C@@H]1CCCC[C@H]1N.O=S(=O)([O-])C(F)(F)F.[Cu+2].[OH3+].[OH3+]. The van der Waals surface area contributed by atoms with Crippen molar-refractivity contribution in [2.24, 2.45) is 22.9 Å². The Morgan fingerprint density at radius 3 is 0.926 bits per heavy atom. The van der Waals surface area contributed by atoms with E-state index in [4.69, 9.17) is 35.9 Å². The summed E-state index contributed by atoms with van der Waals surface area (Å²) in [7, 11) is -6.09. The van der Waals surface area contributed by atoms with E-state index in [-0.39, 0.29) is 52.2 Å². The van der Waals surface area contributed by atoms with Gasteiger partial charge in [-0.1, -0.05) is 25.7 Å². The predicted octanol–water partition coefficient (Wildman–Crippen LogP) is -1.36. The van der Waals surface area contributed by atoms with Gasteiger partial charge in [0.05, 0.1) is 0 Å². The topological polar surface area (TPSA) is 227 Å². The standard InChI is InChI=1S/2C6H14N2.CHF3O3S.Cu.2H2O/c2*7-5-3-1-2-4-6(5)8;2-1(3,4)8(5,6)7;;;/h2*5-6H,1-4,7-8H2;(H,5,6,7);;2*1H2/q;;;+2;;/p+1/t2*5-,6-;;;;/m11..../s1. The monoisotopic (exact) mass is 478 g/mol. The minimum absolute atomic E-state index is 0. The van der Waals surface area contributed by atoms with Crippen LogP contribution in [0.1, 0.15) is 51.4 Å². The van der Waals surface area contributed by atoms with E-state index in [9.17, 15) is 13.2 Å². The number of hydrogen-bond acceptors (Lipinski definition) is 7. The summed E-state index contributed by atoms with van der Waals surface area (Å²) < 4.78 is 58.9. The summed E-state index contributed by atoms with van der Waals surface area (Å²) in [6, 6.07) is 1.12. The van der Waals surface area contributed by atoms with Gasteiger partial charge in [0.2, 0.25) is 0 Å². The zero-order valence-electron chi connectivity index (χ0n) is 15.0. The van der Waals surface area contributed by atoms with Crippen LogP contribution in [0.3, 0.4) is 0 Å². The molecule has 2 saturated carbocycles. The molecule has 0 heterocycles. The molecule has 2 aliphatic carbocycles. The summed E-state index contributed by atoms with van der Waals surface area (Å²) in [5, 5.41) is 0. The van der Waals surface area contributed by atoms with E-state index in [1.165, 1.54) is 25.7 Å². The fraction of sp³-hybridized carbons (Fsp3) is 1.00. The second-order valence-corrected chi connectivity index (χ2v) is 7.50. The van der Waals surface area contributed by atoms with E-state index in [1.54, 1.807) is 0 Å². The molecule has 2 aliphatic rings. The average Bonchev–Trinajstić information content (AvgIpc) is 2.45. The molecule has 0 aromatic carbocycles. The average molecular weight is 479 g/mol. The summed E-state index contributed by atoms with van der Waals surface area (Å²) in [4.78, 5) is 0. The van der Waals surface area contributed by atoms with Gasteiger partial charge in [0.1, 0.15) is 0 Å². The Hall–Kier alpha value is -0.0205. The largest absolute Gasteiger partial charge is 2.00 e. The van der Waals surface area contributed by atoms with E-state index in [0.29, 0.717) is 0 Å². The third kappa shape index (κ3) is 15.6.